The minimum atomic E-state index is -3.67. The van der Waals surface area contributed by atoms with Crippen molar-refractivity contribution in [3.63, 3.8) is 0 Å². The molecule has 4 rings (SSSR count). The van der Waals surface area contributed by atoms with Gasteiger partial charge in [0.05, 0.1) is 43.7 Å². The van der Waals surface area contributed by atoms with Crippen LogP contribution in [0, 0.1) is 11.3 Å². The minimum absolute atomic E-state index is 0.000857. The molecular formula is C27H35N3O7S2. The summed E-state index contributed by atoms with van der Waals surface area (Å²) < 4.78 is 42.3. The second-order valence-electron chi connectivity index (χ2n) is 9.31. The number of nitrogens with zero attached hydrogens (tertiary/aromatic N) is 3. The van der Waals surface area contributed by atoms with E-state index in [2.05, 4.69) is 21.9 Å². The molecule has 0 amide bonds. The molecule has 2 saturated heterocycles. The number of thiophene rings is 1. The Bertz CT molecular complexity index is 1280. The number of piperidine rings is 1. The van der Waals surface area contributed by atoms with Crippen LogP contribution in [0.4, 0.5) is 5.00 Å². The van der Waals surface area contributed by atoms with Gasteiger partial charge in [-0.2, -0.15) is 13.7 Å². The summed E-state index contributed by atoms with van der Waals surface area (Å²) in [7, 11) is -0.492. The van der Waals surface area contributed by atoms with Crippen LogP contribution < -0.4 is 14.4 Å². The molecule has 0 spiro atoms. The van der Waals surface area contributed by atoms with Gasteiger partial charge in [-0.1, -0.05) is 0 Å². The predicted octanol–water partition coefficient (Wildman–Crippen LogP) is 3.94. The lowest BCUT2D eigenvalue weighted by atomic mass is 10.1. The molecule has 212 valence electrons. The normalized spacial score (nSPS) is 16.7. The fourth-order valence-corrected chi connectivity index (χ4v) is 5.46. The number of methoxy groups -OCH3 is 2. The molecule has 2 fully saturated rings. The van der Waals surface area contributed by atoms with Crippen molar-refractivity contribution in [2.24, 2.45) is 0 Å². The molecule has 0 radical (unpaired) electrons. The number of ether oxygens (including phenoxy) is 3. The van der Waals surface area contributed by atoms with Gasteiger partial charge in [-0.15, -0.1) is 11.3 Å². The number of hydrogen-bond acceptors (Lipinski definition) is 10. The predicted molar refractivity (Wildman–Crippen MR) is 152 cm³/mol. The number of benzene rings is 1. The third-order valence-electron chi connectivity index (χ3n) is 6.32. The number of carbonyl (C=O) groups is 1. The SMILES string of the molecule is COc1ccc(C(C#N)=Cc2ccc(N3CCC(OC(=O)CN4CCCC4)CC3)s2)cc1OC.CS(=O)(=O)O. The highest BCUT2D eigenvalue weighted by atomic mass is 32.2. The summed E-state index contributed by atoms with van der Waals surface area (Å²) in [5.41, 5.74) is 1.35. The van der Waals surface area contributed by atoms with E-state index in [9.17, 15) is 18.5 Å². The van der Waals surface area contributed by atoms with E-state index < -0.39 is 10.1 Å². The Morgan fingerprint density at radius 3 is 2.33 bits per heavy atom. The van der Waals surface area contributed by atoms with Crippen molar-refractivity contribution >= 4 is 44.1 Å². The van der Waals surface area contributed by atoms with Gasteiger partial charge in [-0.25, -0.2) is 0 Å². The second kappa shape index (κ2) is 14.3. The molecule has 0 bridgehead atoms. The molecule has 1 aromatic heterocycles. The van der Waals surface area contributed by atoms with Gasteiger partial charge in [0.25, 0.3) is 10.1 Å². The largest absolute Gasteiger partial charge is 0.493 e. The number of anilines is 1. The van der Waals surface area contributed by atoms with E-state index in [4.69, 9.17) is 18.8 Å². The van der Waals surface area contributed by atoms with Crippen LogP contribution >= 0.6 is 11.3 Å². The number of carbonyl (C=O) groups excluding carboxylic acids is 1. The summed E-state index contributed by atoms with van der Waals surface area (Å²) in [6.07, 6.45) is 6.64. The molecule has 1 aromatic carbocycles. The van der Waals surface area contributed by atoms with Gasteiger partial charge in [-0.05, 0) is 67.9 Å². The molecular weight excluding hydrogens is 542 g/mol. The van der Waals surface area contributed by atoms with Crippen LogP contribution in [-0.2, 0) is 19.6 Å². The van der Waals surface area contributed by atoms with Crippen molar-refractivity contribution in [2.45, 2.75) is 31.8 Å². The molecule has 2 aliphatic rings. The van der Waals surface area contributed by atoms with E-state index >= 15 is 0 Å². The van der Waals surface area contributed by atoms with Gasteiger partial charge in [0, 0.05) is 30.8 Å². The monoisotopic (exact) mass is 577 g/mol. The molecule has 12 heteroatoms. The number of nitriles is 1. The number of rotatable bonds is 8. The quantitative estimate of drug-likeness (QED) is 0.280. The summed E-state index contributed by atoms with van der Waals surface area (Å²) >= 11 is 1.66. The van der Waals surface area contributed by atoms with Gasteiger partial charge < -0.3 is 19.1 Å². The van der Waals surface area contributed by atoms with Crippen molar-refractivity contribution < 1.29 is 32.0 Å². The summed E-state index contributed by atoms with van der Waals surface area (Å²) in [5, 5.41) is 10.9. The first-order valence-electron chi connectivity index (χ1n) is 12.6. The molecule has 2 aliphatic heterocycles. The number of likely N-dealkylation sites (tertiary alicyclic amines) is 1. The first-order valence-corrected chi connectivity index (χ1v) is 15.3. The lowest BCUT2D eigenvalue weighted by Crippen LogP contribution is -2.39. The Morgan fingerprint density at radius 2 is 1.74 bits per heavy atom. The molecule has 0 aliphatic carbocycles. The average molecular weight is 578 g/mol. The number of hydrogen-bond donors (Lipinski definition) is 1. The van der Waals surface area contributed by atoms with E-state index in [1.165, 1.54) is 12.8 Å². The Morgan fingerprint density at radius 1 is 1.10 bits per heavy atom. The molecule has 39 heavy (non-hydrogen) atoms. The molecule has 10 nitrogen and oxygen atoms in total. The molecule has 1 N–H and O–H groups in total. The van der Waals surface area contributed by atoms with Crippen molar-refractivity contribution in [3.05, 3.63) is 40.8 Å². The number of allylic oxidation sites excluding steroid dienone is 1. The summed E-state index contributed by atoms with van der Waals surface area (Å²) in [4.78, 5) is 17.7. The summed E-state index contributed by atoms with van der Waals surface area (Å²) in [6.45, 7) is 4.13. The fraction of sp³-hybridized carbons (Fsp3) is 0.481. The van der Waals surface area contributed by atoms with Gasteiger partial charge in [0.15, 0.2) is 11.5 Å². The minimum Gasteiger partial charge on any atom is -0.493 e. The molecule has 3 heterocycles. The van der Waals surface area contributed by atoms with Crippen LogP contribution in [0.2, 0.25) is 0 Å². The first kappa shape index (κ1) is 30.4. The number of esters is 1. The maximum absolute atomic E-state index is 12.2. The maximum Gasteiger partial charge on any atom is 0.320 e. The van der Waals surface area contributed by atoms with Gasteiger partial charge in [0.1, 0.15) is 6.10 Å². The highest BCUT2D eigenvalue weighted by Crippen LogP contribution is 2.34. The van der Waals surface area contributed by atoms with Crippen molar-refractivity contribution in [1.82, 2.24) is 4.90 Å². The molecule has 2 aromatic rings. The fourth-order valence-electron chi connectivity index (χ4n) is 4.46. The van der Waals surface area contributed by atoms with Gasteiger partial charge >= 0.3 is 5.97 Å². The first-order chi connectivity index (χ1) is 18.6. The van der Waals surface area contributed by atoms with E-state index in [1.54, 1.807) is 31.6 Å². The lowest BCUT2D eigenvalue weighted by molar-refractivity contribution is -0.151. The molecule has 0 unspecified atom stereocenters. The third-order valence-corrected chi connectivity index (χ3v) is 7.41. The molecule has 0 saturated carbocycles. The maximum atomic E-state index is 12.2. The van der Waals surface area contributed by atoms with Crippen molar-refractivity contribution in [3.8, 4) is 17.6 Å². The standard InChI is InChI=1S/C26H31N3O4S.CH4O3S/c1-31-23-7-5-19(16-24(23)32-2)20(17-27)15-22-6-8-25(34-22)29-13-9-21(10-14-29)33-26(30)18-28-11-3-4-12-28;1-5(2,3)4/h5-8,15-16,21H,3-4,9-14,18H2,1-2H3;1H3,(H,2,3,4). The Kier molecular flexibility index (Phi) is 11.2. The zero-order valence-corrected chi connectivity index (χ0v) is 24.1. The Hall–Kier alpha value is -3.11. The smallest absolute Gasteiger partial charge is 0.320 e. The van der Waals surface area contributed by atoms with E-state index in [0.717, 1.165) is 54.5 Å². The highest BCUT2D eigenvalue weighted by Gasteiger charge is 2.24. The van der Waals surface area contributed by atoms with E-state index in [-0.39, 0.29) is 12.1 Å². The summed E-state index contributed by atoms with van der Waals surface area (Å²) in [5.74, 6) is 1.13. The van der Waals surface area contributed by atoms with Crippen LogP contribution in [0.1, 0.15) is 36.1 Å². The Labute approximate surface area is 234 Å². The molecule has 0 atom stereocenters. The lowest BCUT2D eigenvalue weighted by Gasteiger charge is -2.32. The van der Waals surface area contributed by atoms with Crippen LogP contribution in [0.15, 0.2) is 30.3 Å². The van der Waals surface area contributed by atoms with Crippen molar-refractivity contribution in [1.29, 1.82) is 5.26 Å². The van der Waals surface area contributed by atoms with Gasteiger partial charge in [0.2, 0.25) is 0 Å². The highest BCUT2D eigenvalue weighted by molar-refractivity contribution is 7.85. The summed E-state index contributed by atoms with van der Waals surface area (Å²) in [6, 6.07) is 11.9. The van der Waals surface area contributed by atoms with E-state index in [0.29, 0.717) is 29.9 Å². The van der Waals surface area contributed by atoms with Crippen LogP contribution in [-0.4, -0.2) is 83.1 Å². The van der Waals surface area contributed by atoms with Crippen LogP contribution in [0.25, 0.3) is 11.6 Å². The topological polar surface area (TPSA) is 129 Å². The van der Waals surface area contributed by atoms with Gasteiger partial charge in [-0.3, -0.25) is 14.2 Å². The zero-order chi connectivity index (χ0) is 28.4. The van der Waals surface area contributed by atoms with Crippen LogP contribution in [0.3, 0.4) is 0 Å². The second-order valence-corrected chi connectivity index (χ2v) is 11.9. The average Bonchev–Trinajstić information content (AvgIpc) is 3.58. The van der Waals surface area contributed by atoms with E-state index in [1.807, 2.05) is 24.3 Å². The van der Waals surface area contributed by atoms with Crippen LogP contribution in [0.5, 0.6) is 11.5 Å². The Balaban J connectivity index is 0.000000771. The zero-order valence-electron chi connectivity index (χ0n) is 22.5. The third kappa shape index (κ3) is 9.85. The van der Waals surface area contributed by atoms with Crippen molar-refractivity contribution in [2.75, 3.05) is 58.1 Å².